The van der Waals surface area contributed by atoms with E-state index in [0.717, 1.165) is 10.8 Å². The summed E-state index contributed by atoms with van der Waals surface area (Å²) in [5.41, 5.74) is -1.85. The highest BCUT2D eigenvalue weighted by atomic mass is 35.5. The fraction of sp³-hybridized carbons (Fsp3) is 0.556. The fourth-order valence-corrected chi connectivity index (χ4v) is 1.99. The number of aromatic nitrogens is 2. The number of halogens is 2. The van der Waals surface area contributed by atoms with Crippen molar-refractivity contribution in [3.8, 4) is 0 Å². The van der Waals surface area contributed by atoms with Gasteiger partial charge in [0.05, 0.1) is 24.3 Å². The van der Waals surface area contributed by atoms with Gasteiger partial charge in [-0.3, -0.25) is 14.3 Å². The first-order valence-electron chi connectivity index (χ1n) is 4.94. The Morgan fingerprint density at radius 1 is 1.65 bits per heavy atom. The number of aliphatic hydroxyl groups is 1. The lowest BCUT2D eigenvalue weighted by Crippen LogP contribution is -2.34. The Bertz CT molecular complexity index is 528. The second-order valence-electron chi connectivity index (χ2n) is 3.71. The van der Waals surface area contributed by atoms with Crippen LogP contribution in [-0.2, 0) is 4.74 Å². The third-order valence-electron chi connectivity index (χ3n) is 2.58. The van der Waals surface area contributed by atoms with Crippen molar-refractivity contribution in [2.75, 3.05) is 6.61 Å². The van der Waals surface area contributed by atoms with Gasteiger partial charge < -0.3 is 9.84 Å². The van der Waals surface area contributed by atoms with E-state index in [9.17, 15) is 14.0 Å². The minimum absolute atomic E-state index is 0.248. The number of H-pyrrole nitrogens is 1. The van der Waals surface area contributed by atoms with E-state index < -0.39 is 34.8 Å². The zero-order valence-electron chi connectivity index (χ0n) is 8.60. The highest BCUT2D eigenvalue weighted by Crippen LogP contribution is 2.30. The number of ether oxygens (including phenoxy) is 1. The Balaban J connectivity index is 2.34. The standard InChI is InChI=1S/C9H10ClFN2O4/c10-4-1-7(17-6(4)3-14)13-2-5(11)8(15)12-9(13)16/h2,4,6-7,14H,1,3H2,(H,12,15,16)/t4-,6+,7+/m0/s1. The summed E-state index contributed by atoms with van der Waals surface area (Å²) >= 11 is 5.88. The van der Waals surface area contributed by atoms with Gasteiger partial charge in [-0.15, -0.1) is 11.6 Å². The van der Waals surface area contributed by atoms with Crippen LogP contribution in [0.25, 0.3) is 0 Å². The van der Waals surface area contributed by atoms with Crippen molar-refractivity contribution in [2.45, 2.75) is 24.1 Å². The molecule has 1 aromatic heterocycles. The lowest BCUT2D eigenvalue weighted by molar-refractivity contribution is -0.0245. The molecule has 1 aliphatic rings. The maximum Gasteiger partial charge on any atom is 0.330 e. The Morgan fingerprint density at radius 3 is 2.94 bits per heavy atom. The van der Waals surface area contributed by atoms with Crippen molar-refractivity contribution in [1.82, 2.24) is 9.55 Å². The van der Waals surface area contributed by atoms with Crippen molar-refractivity contribution in [2.24, 2.45) is 0 Å². The molecule has 0 bridgehead atoms. The molecule has 2 rings (SSSR count). The van der Waals surface area contributed by atoms with Crippen molar-refractivity contribution in [3.05, 3.63) is 32.9 Å². The molecule has 6 nitrogen and oxygen atoms in total. The number of aliphatic hydroxyl groups excluding tert-OH is 1. The van der Waals surface area contributed by atoms with Gasteiger partial charge in [0, 0.05) is 6.42 Å². The topological polar surface area (TPSA) is 84.3 Å². The molecule has 0 aromatic carbocycles. The second-order valence-corrected chi connectivity index (χ2v) is 4.27. The molecule has 2 N–H and O–H groups in total. The Morgan fingerprint density at radius 2 is 2.35 bits per heavy atom. The van der Waals surface area contributed by atoms with Gasteiger partial charge in [-0.2, -0.15) is 4.39 Å². The van der Waals surface area contributed by atoms with E-state index in [4.69, 9.17) is 21.4 Å². The number of hydrogen-bond acceptors (Lipinski definition) is 4. The van der Waals surface area contributed by atoms with E-state index in [0.29, 0.717) is 0 Å². The molecule has 3 atom stereocenters. The second kappa shape index (κ2) is 4.59. The van der Waals surface area contributed by atoms with Crippen LogP contribution in [0.5, 0.6) is 0 Å². The molecule has 1 aliphatic heterocycles. The molecule has 8 heteroatoms. The average molecular weight is 265 g/mol. The Kier molecular flexibility index (Phi) is 3.32. The van der Waals surface area contributed by atoms with Crippen LogP contribution < -0.4 is 11.2 Å². The van der Waals surface area contributed by atoms with Gasteiger partial charge in [0.25, 0.3) is 5.56 Å². The summed E-state index contributed by atoms with van der Waals surface area (Å²) in [6.45, 7) is -0.286. The molecule has 0 amide bonds. The summed E-state index contributed by atoms with van der Waals surface area (Å²) < 4.78 is 19.2. The van der Waals surface area contributed by atoms with Gasteiger partial charge in [-0.1, -0.05) is 0 Å². The number of aromatic amines is 1. The SMILES string of the molecule is O=c1[nH]c(=O)n([C@H]2C[C@H](Cl)[C@@H](CO)O2)cc1F. The molecule has 2 heterocycles. The molecule has 17 heavy (non-hydrogen) atoms. The Labute approximate surface area is 99.6 Å². The van der Waals surface area contributed by atoms with Gasteiger partial charge in [-0.25, -0.2) is 4.79 Å². The normalized spacial score (nSPS) is 28.5. The predicted octanol–water partition coefficient (Wildman–Crippen LogP) is -0.437. The highest BCUT2D eigenvalue weighted by Gasteiger charge is 2.35. The molecule has 94 valence electrons. The van der Waals surface area contributed by atoms with Crippen LogP contribution in [0.1, 0.15) is 12.6 Å². The van der Waals surface area contributed by atoms with E-state index in [1.807, 2.05) is 4.98 Å². The van der Waals surface area contributed by atoms with Crippen LogP contribution >= 0.6 is 11.6 Å². The van der Waals surface area contributed by atoms with Crippen molar-refractivity contribution >= 4 is 11.6 Å². The molecule has 0 spiro atoms. The highest BCUT2D eigenvalue weighted by molar-refractivity contribution is 6.21. The first-order chi connectivity index (χ1) is 8.02. The van der Waals surface area contributed by atoms with Crippen LogP contribution in [-0.4, -0.2) is 32.7 Å². The molecular weight excluding hydrogens is 255 g/mol. The molecular formula is C9H10ClFN2O4. The third-order valence-corrected chi connectivity index (χ3v) is 3.04. The smallest absolute Gasteiger partial charge is 0.330 e. The van der Waals surface area contributed by atoms with Gasteiger partial charge in [0.1, 0.15) is 6.23 Å². The van der Waals surface area contributed by atoms with Gasteiger partial charge >= 0.3 is 5.69 Å². The predicted molar refractivity (Wildman–Crippen MR) is 56.5 cm³/mol. The molecule has 0 radical (unpaired) electrons. The number of nitrogens with zero attached hydrogens (tertiary/aromatic N) is 1. The zero-order valence-corrected chi connectivity index (χ0v) is 9.35. The molecule has 0 aliphatic carbocycles. The van der Waals surface area contributed by atoms with Crippen molar-refractivity contribution in [3.63, 3.8) is 0 Å². The first kappa shape index (κ1) is 12.3. The molecule has 1 fully saturated rings. The van der Waals surface area contributed by atoms with Crippen LogP contribution in [0.15, 0.2) is 15.8 Å². The van der Waals surface area contributed by atoms with E-state index in [1.165, 1.54) is 0 Å². The number of hydrogen-bond donors (Lipinski definition) is 2. The summed E-state index contributed by atoms with van der Waals surface area (Å²) in [6.07, 6.45) is -0.370. The zero-order chi connectivity index (χ0) is 12.6. The number of nitrogens with one attached hydrogen (secondary N) is 1. The lowest BCUT2D eigenvalue weighted by Gasteiger charge is -2.14. The first-order valence-corrected chi connectivity index (χ1v) is 5.38. The minimum Gasteiger partial charge on any atom is -0.394 e. The van der Waals surface area contributed by atoms with Crippen molar-refractivity contribution < 1.29 is 14.2 Å². The monoisotopic (exact) mass is 264 g/mol. The summed E-state index contributed by atoms with van der Waals surface area (Å²) in [7, 11) is 0. The fourth-order valence-electron chi connectivity index (χ4n) is 1.70. The van der Waals surface area contributed by atoms with E-state index in [2.05, 4.69) is 0 Å². The van der Waals surface area contributed by atoms with Gasteiger partial charge in [0.2, 0.25) is 5.82 Å². The summed E-state index contributed by atoms with van der Waals surface area (Å²) in [4.78, 5) is 24.1. The number of alkyl halides is 1. The van der Waals surface area contributed by atoms with E-state index in [-0.39, 0.29) is 13.0 Å². The molecule has 1 saturated heterocycles. The van der Waals surface area contributed by atoms with E-state index in [1.54, 1.807) is 0 Å². The quantitative estimate of drug-likeness (QED) is 0.710. The molecule has 1 aromatic rings. The van der Waals surface area contributed by atoms with Crippen LogP contribution in [0.3, 0.4) is 0 Å². The van der Waals surface area contributed by atoms with Crippen LogP contribution in [0, 0.1) is 5.82 Å². The maximum absolute atomic E-state index is 13.0. The maximum atomic E-state index is 13.0. The summed E-state index contributed by atoms with van der Waals surface area (Å²) in [6, 6.07) is 0. The Hall–Kier alpha value is -1.18. The van der Waals surface area contributed by atoms with Crippen LogP contribution in [0.2, 0.25) is 0 Å². The summed E-state index contributed by atoms with van der Waals surface area (Å²) in [5.74, 6) is -1.08. The number of rotatable bonds is 2. The van der Waals surface area contributed by atoms with Crippen molar-refractivity contribution in [1.29, 1.82) is 0 Å². The van der Waals surface area contributed by atoms with E-state index >= 15 is 0 Å². The largest absolute Gasteiger partial charge is 0.394 e. The molecule has 0 saturated carbocycles. The minimum atomic E-state index is -1.08. The lowest BCUT2D eigenvalue weighted by atomic mass is 10.2. The van der Waals surface area contributed by atoms with Gasteiger partial charge in [0.15, 0.2) is 0 Å². The summed E-state index contributed by atoms with van der Waals surface area (Å²) in [5, 5.41) is 8.47. The van der Waals surface area contributed by atoms with Crippen LogP contribution in [0.4, 0.5) is 4.39 Å². The molecule has 0 unspecified atom stereocenters. The average Bonchev–Trinajstić information content (AvgIpc) is 2.65. The third kappa shape index (κ3) is 2.26. The van der Waals surface area contributed by atoms with Gasteiger partial charge in [-0.05, 0) is 0 Å².